The average molecular weight is 349 g/mol. The molecule has 3 aromatic rings. The van der Waals surface area contributed by atoms with E-state index in [1.165, 1.54) is 0 Å². The summed E-state index contributed by atoms with van der Waals surface area (Å²) in [5.74, 6) is 1.36. The van der Waals surface area contributed by atoms with Crippen molar-refractivity contribution in [3.8, 4) is 11.5 Å². The molecule has 0 unspecified atom stereocenters. The third-order valence-electron chi connectivity index (χ3n) is 4.10. The summed E-state index contributed by atoms with van der Waals surface area (Å²) < 4.78 is 11.4. The number of ether oxygens (including phenoxy) is 2. The molecule has 0 radical (unpaired) electrons. The molecule has 0 bridgehead atoms. The Morgan fingerprint density at radius 3 is 2.65 bits per heavy atom. The van der Waals surface area contributed by atoms with Gasteiger partial charge in [-0.3, -0.25) is 4.79 Å². The SMILES string of the molecule is CCOc1cccc(CNC(=O)[C@H](C)Oc2cccc3ccccc23)c1. The first-order valence-electron chi connectivity index (χ1n) is 8.81. The first-order valence-corrected chi connectivity index (χ1v) is 8.81. The fourth-order valence-electron chi connectivity index (χ4n) is 2.79. The van der Waals surface area contributed by atoms with Crippen molar-refractivity contribution in [1.82, 2.24) is 5.32 Å². The molecule has 26 heavy (non-hydrogen) atoms. The number of rotatable bonds is 7. The van der Waals surface area contributed by atoms with Gasteiger partial charge in [-0.05, 0) is 43.0 Å². The second kappa shape index (κ2) is 8.39. The van der Waals surface area contributed by atoms with Crippen molar-refractivity contribution < 1.29 is 14.3 Å². The summed E-state index contributed by atoms with van der Waals surface area (Å²) in [7, 11) is 0. The van der Waals surface area contributed by atoms with E-state index >= 15 is 0 Å². The lowest BCUT2D eigenvalue weighted by Crippen LogP contribution is -2.35. The van der Waals surface area contributed by atoms with E-state index in [2.05, 4.69) is 5.32 Å². The number of amides is 1. The van der Waals surface area contributed by atoms with Crippen LogP contribution in [0.2, 0.25) is 0 Å². The zero-order valence-corrected chi connectivity index (χ0v) is 15.1. The monoisotopic (exact) mass is 349 g/mol. The predicted octanol–water partition coefficient (Wildman–Crippen LogP) is 4.32. The molecule has 3 rings (SSSR count). The van der Waals surface area contributed by atoms with Gasteiger partial charge in [-0.25, -0.2) is 0 Å². The number of carbonyl (C=O) groups is 1. The molecule has 0 aliphatic rings. The van der Waals surface area contributed by atoms with Crippen molar-refractivity contribution in [2.75, 3.05) is 6.61 Å². The van der Waals surface area contributed by atoms with Gasteiger partial charge in [0.15, 0.2) is 6.10 Å². The number of benzene rings is 3. The molecule has 0 fully saturated rings. The number of fused-ring (bicyclic) bond motifs is 1. The van der Waals surface area contributed by atoms with Crippen LogP contribution >= 0.6 is 0 Å². The highest BCUT2D eigenvalue weighted by Crippen LogP contribution is 2.26. The van der Waals surface area contributed by atoms with Crippen LogP contribution in [0.25, 0.3) is 10.8 Å². The molecule has 1 amide bonds. The topological polar surface area (TPSA) is 47.6 Å². The zero-order valence-electron chi connectivity index (χ0n) is 15.1. The van der Waals surface area contributed by atoms with Crippen molar-refractivity contribution in [3.05, 3.63) is 72.3 Å². The smallest absolute Gasteiger partial charge is 0.261 e. The summed E-state index contributed by atoms with van der Waals surface area (Å²) in [5, 5.41) is 5.00. The predicted molar refractivity (Wildman–Crippen MR) is 103 cm³/mol. The van der Waals surface area contributed by atoms with E-state index in [1.807, 2.05) is 73.7 Å². The zero-order chi connectivity index (χ0) is 18.4. The van der Waals surface area contributed by atoms with Crippen molar-refractivity contribution in [2.24, 2.45) is 0 Å². The first kappa shape index (κ1) is 17.8. The minimum Gasteiger partial charge on any atom is -0.494 e. The second-order valence-corrected chi connectivity index (χ2v) is 6.04. The van der Waals surface area contributed by atoms with Crippen LogP contribution in [0.5, 0.6) is 11.5 Å². The fourth-order valence-corrected chi connectivity index (χ4v) is 2.79. The summed E-state index contributed by atoms with van der Waals surface area (Å²) in [4.78, 5) is 12.4. The summed E-state index contributed by atoms with van der Waals surface area (Å²) in [6.07, 6.45) is -0.587. The van der Waals surface area contributed by atoms with Gasteiger partial charge in [-0.15, -0.1) is 0 Å². The Morgan fingerprint density at radius 1 is 1.04 bits per heavy atom. The molecular formula is C22H23NO3. The number of hydrogen-bond acceptors (Lipinski definition) is 3. The Kier molecular flexibility index (Phi) is 5.74. The van der Waals surface area contributed by atoms with Crippen molar-refractivity contribution in [1.29, 1.82) is 0 Å². The van der Waals surface area contributed by atoms with Crippen LogP contribution in [0.15, 0.2) is 66.7 Å². The van der Waals surface area contributed by atoms with Crippen molar-refractivity contribution >= 4 is 16.7 Å². The molecule has 4 nitrogen and oxygen atoms in total. The van der Waals surface area contributed by atoms with E-state index in [0.29, 0.717) is 18.9 Å². The fraction of sp³-hybridized carbons (Fsp3) is 0.227. The lowest BCUT2D eigenvalue weighted by Gasteiger charge is -2.16. The minimum atomic E-state index is -0.587. The van der Waals surface area contributed by atoms with Gasteiger partial charge in [0.25, 0.3) is 5.91 Å². The Morgan fingerprint density at radius 2 is 1.81 bits per heavy atom. The second-order valence-electron chi connectivity index (χ2n) is 6.04. The molecule has 4 heteroatoms. The molecule has 0 saturated heterocycles. The van der Waals surface area contributed by atoms with Gasteiger partial charge in [-0.2, -0.15) is 0 Å². The van der Waals surface area contributed by atoms with Crippen LogP contribution in [0, 0.1) is 0 Å². The number of nitrogens with one attached hydrogen (secondary N) is 1. The molecular weight excluding hydrogens is 326 g/mol. The molecule has 0 heterocycles. The van der Waals surface area contributed by atoms with Crippen molar-refractivity contribution in [3.63, 3.8) is 0 Å². The molecule has 0 aliphatic carbocycles. The third kappa shape index (κ3) is 4.33. The van der Waals surface area contributed by atoms with Crippen LogP contribution in [-0.4, -0.2) is 18.6 Å². The van der Waals surface area contributed by atoms with Crippen LogP contribution in [0.4, 0.5) is 0 Å². The van der Waals surface area contributed by atoms with E-state index in [9.17, 15) is 4.79 Å². The van der Waals surface area contributed by atoms with Gasteiger partial charge in [0.05, 0.1) is 6.61 Å². The summed E-state index contributed by atoms with van der Waals surface area (Å²) >= 11 is 0. The Bertz CT molecular complexity index is 886. The standard InChI is InChI=1S/C22H23NO3/c1-3-25-19-11-6-8-17(14-19)15-23-22(24)16(2)26-21-13-7-10-18-9-4-5-12-20(18)21/h4-14,16H,3,15H2,1-2H3,(H,23,24)/t16-/m0/s1. The van der Waals surface area contributed by atoms with Crippen LogP contribution < -0.4 is 14.8 Å². The maximum atomic E-state index is 12.4. The molecule has 1 atom stereocenters. The van der Waals surface area contributed by atoms with E-state index in [0.717, 1.165) is 22.1 Å². The lowest BCUT2D eigenvalue weighted by molar-refractivity contribution is -0.127. The van der Waals surface area contributed by atoms with E-state index in [4.69, 9.17) is 9.47 Å². The third-order valence-corrected chi connectivity index (χ3v) is 4.10. The van der Waals surface area contributed by atoms with Gasteiger partial charge < -0.3 is 14.8 Å². The van der Waals surface area contributed by atoms with E-state index in [-0.39, 0.29) is 5.91 Å². The number of carbonyl (C=O) groups excluding carboxylic acids is 1. The van der Waals surface area contributed by atoms with E-state index in [1.54, 1.807) is 6.92 Å². The van der Waals surface area contributed by atoms with Gasteiger partial charge >= 0.3 is 0 Å². The minimum absolute atomic E-state index is 0.153. The highest BCUT2D eigenvalue weighted by molar-refractivity contribution is 5.89. The molecule has 134 valence electrons. The Hall–Kier alpha value is -3.01. The highest BCUT2D eigenvalue weighted by Gasteiger charge is 2.15. The Balaban J connectivity index is 1.62. The summed E-state index contributed by atoms with van der Waals surface area (Å²) in [6.45, 7) is 4.75. The number of hydrogen-bond donors (Lipinski definition) is 1. The summed E-state index contributed by atoms with van der Waals surface area (Å²) in [5.41, 5.74) is 0.988. The molecule has 0 aliphatic heterocycles. The highest BCUT2D eigenvalue weighted by atomic mass is 16.5. The molecule has 3 aromatic carbocycles. The molecule has 0 aromatic heterocycles. The summed E-state index contributed by atoms with van der Waals surface area (Å²) in [6, 6.07) is 21.5. The lowest BCUT2D eigenvalue weighted by atomic mass is 10.1. The maximum absolute atomic E-state index is 12.4. The van der Waals surface area contributed by atoms with E-state index < -0.39 is 6.10 Å². The van der Waals surface area contributed by atoms with Crippen LogP contribution in [0.3, 0.4) is 0 Å². The van der Waals surface area contributed by atoms with Crippen molar-refractivity contribution in [2.45, 2.75) is 26.5 Å². The normalized spacial score (nSPS) is 11.8. The first-order chi connectivity index (χ1) is 12.7. The largest absolute Gasteiger partial charge is 0.494 e. The average Bonchev–Trinajstić information content (AvgIpc) is 2.67. The molecule has 0 saturated carbocycles. The Labute approximate surface area is 153 Å². The van der Waals surface area contributed by atoms with Gasteiger partial charge in [0, 0.05) is 11.9 Å². The maximum Gasteiger partial charge on any atom is 0.261 e. The van der Waals surface area contributed by atoms with Gasteiger partial charge in [0.2, 0.25) is 0 Å². The van der Waals surface area contributed by atoms with Crippen LogP contribution in [0.1, 0.15) is 19.4 Å². The molecule has 0 spiro atoms. The van der Waals surface area contributed by atoms with Gasteiger partial charge in [0.1, 0.15) is 11.5 Å². The van der Waals surface area contributed by atoms with Crippen LogP contribution in [-0.2, 0) is 11.3 Å². The van der Waals surface area contributed by atoms with Gasteiger partial charge in [-0.1, -0.05) is 48.5 Å². The molecule has 1 N–H and O–H groups in total. The quantitative estimate of drug-likeness (QED) is 0.691.